The second-order valence-corrected chi connectivity index (χ2v) is 28.0. The summed E-state index contributed by atoms with van der Waals surface area (Å²) in [5.41, 5.74) is 12.5. The first-order valence-corrected chi connectivity index (χ1v) is 38.5. The van der Waals surface area contributed by atoms with Crippen molar-refractivity contribution in [3.05, 3.63) is 147 Å². The lowest BCUT2D eigenvalue weighted by molar-refractivity contribution is 0.0507. The molecule has 6 rings (SSSR count). The fraction of sp³-hybridized carbons (Fsp3) is 0.536. The predicted molar refractivity (Wildman–Crippen MR) is 449 cm³/mol. The molecule has 0 saturated carbocycles. The largest absolute Gasteiger partial charge is 0.508 e. The summed E-state index contributed by atoms with van der Waals surface area (Å²) in [4.78, 5) is 33.6. The van der Waals surface area contributed by atoms with E-state index < -0.39 is 35.1 Å². The van der Waals surface area contributed by atoms with E-state index in [-0.39, 0.29) is 45.4 Å². The number of phenolic OH excluding ortho intramolecular Hbond substituents is 1. The van der Waals surface area contributed by atoms with Gasteiger partial charge in [-0.05, 0) is 223 Å². The third kappa shape index (κ3) is 77.2. The molecule has 1 saturated heterocycles. The highest BCUT2D eigenvalue weighted by atomic mass is 79.9. The zero-order valence-corrected chi connectivity index (χ0v) is 70.7. The number of ether oxygens (including phenoxy) is 8. The fourth-order valence-electron chi connectivity index (χ4n) is 7.87. The standard InChI is InChI=1S/C19H27NO4.C14H23NO2.C14H19NO2.C13H18BrNO3.C7H15NO3.C6H5BrO.C6H10O.C4H8O.CH4O.ClH/c1-19(2,3)24-18(22)20-12-14-23-17-11-8-10-16(15-17)9-6-4-5-7-13-21;2*15-9-11-17-14-8-5-7-13(12-14)6-3-1-2-4-10-16;1-13(2,3)18-12(16)15-7-8-17-11-6-4-5-10(14)9-11;1-7(2,3)11-6(10)8-4-5-9;7-5-2-1-3-6(8)4-5;1-2-3-4-5-6-7;1-2-4-5-3-1;1-2;/h8,10-11,15,21H,4-5,7,12-14H2,1-3H3,(H,20,22);5,7-8,12,16H,1-4,6,9-11,15H2;5,7-8,12,16H,1-2,4,9-11,15H2;4-6,9H,7-8H2,1-3H3,(H,15,16);9H,4-5H2,1-3H3,(H,8,10);1-4,8H;1,7H,3-6H2;1-4H2;2H,1H3;1H. The van der Waals surface area contributed by atoms with Gasteiger partial charge in [-0.15, -0.1) is 24.8 Å². The molecule has 23 nitrogen and oxygen atoms in total. The van der Waals surface area contributed by atoms with Gasteiger partial charge >= 0.3 is 18.3 Å². The Labute approximate surface area is 680 Å². The summed E-state index contributed by atoms with van der Waals surface area (Å²) in [6.45, 7) is 23.1. The summed E-state index contributed by atoms with van der Waals surface area (Å²) in [7, 11) is 1.00. The van der Waals surface area contributed by atoms with Crippen LogP contribution in [-0.4, -0.2) is 183 Å². The number of nitrogens with two attached hydrogens (primary N) is 2. The first-order chi connectivity index (χ1) is 52.2. The average molecular weight is 1690 g/mol. The van der Waals surface area contributed by atoms with Crippen LogP contribution in [0.5, 0.6) is 28.7 Å². The van der Waals surface area contributed by atoms with Gasteiger partial charge in [-0.3, -0.25) is 0 Å². The molecule has 26 heteroatoms. The van der Waals surface area contributed by atoms with Crippen LogP contribution in [0.15, 0.2) is 130 Å². The van der Waals surface area contributed by atoms with E-state index in [1.807, 2.05) is 133 Å². The molecule has 1 fully saturated rings. The van der Waals surface area contributed by atoms with Gasteiger partial charge in [0.1, 0.15) is 72.0 Å². The first-order valence-electron chi connectivity index (χ1n) is 37.0. The van der Waals surface area contributed by atoms with E-state index in [9.17, 15) is 14.4 Å². The number of alkyl carbamates (subject to hydrolysis) is 3. The van der Waals surface area contributed by atoms with E-state index in [4.69, 9.17) is 91.5 Å². The Morgan fingerprint density at radius 3 is 1.19 bits per heavy atom. The van der Waals surface area contributed by atoms with Crippen molar-refractivity contribution in [1.82, 2.24) is 16.0 Å². The maximum absolute atomic E-state index is 11.5. The number of terminal acetylenes is 1. The van der Waals surface area contributed by atoms with Gasteiger partial charge < -0.3 is 101 Å². The zero-order valence-electron chi connectivity index (χ0n) is 66.7. The highest BCUT2D eigenvalue weighted by Crippen LogP contribution is 2.20. The Morgan fingerprint density at radius 2 is 0.827 bits per heavy atom. The minimum absolute atomic E-state index is 0. The molecular formula is C84H130Br2ClN5O18. The monoisotopic (exact) mass is 1690 g/mol. The molecular weight excluding hydrogens is 1560 g/mol. The number of carbonyl (C=O) groups is 3. The van der Waals surface area contributed by atoms with Crippen molar-refractivity contribution < 1.29 is 88.0 Å². The molecule has 0 spiro atoms. The second kappa shape index (κ2) is 74.2. The molecule has 0 aliphatic carbocycles. The topological polar surface area (TPSA) is 355 Å². The highest BCUT2D eigenvalue weighted by Gasteiger charge is 2.17. The van der Waals surface area contributed by atoms with E-state index in [0.717, 1.165) is 135 Å². The molecule has 0 bridgehead atoms. The Kier molecular flexibility index (Phi) is 73.4. The lowest BCUT2D eigenvalue weighted by Gasteiger charge is -2.19. The number of aliphatic hydroxyl groups excluding tert-OH is 6. The van der Waals surface area contributed by atoms with Crippen molar-refractivity contribution in [1.29, 1.82) is 0 Å². The van der Waals surface area contributed by atoms with Crippen LogP contribution in [0.2, 0.25) is 0 Å². The Bertz CT molecular complexity index is 3200. The summed E-state index contributed by atoms with van der Waals surface area (Å²) < 4.78 is 43.9. The molecule has 14 N–H and O–H groups in total. The summed E-state index contributed by atoms with van der Waals surface area (Å²) in [6.07, 6.45) is 19.2. The second-order valence-electron chi connectivity index (χ2n) is 26.2. The van der Waals surface area contributed by atoms with Crippen LogP contribution in [0, 0.1) is 36.0 Å². The number of aromatic hydroxyl groups is 1. The molecule has 5 aromatic carbocycles. The molecule has 0 atom stereocenters. The SMILES string of the molecule is C#CCCCCO.C1CCOC1.CC(C)(C)OC(=O)NCCO.CC(C)(C)OC(=O)NCCOc1cccc(Br)c1.CC(C)(C)OC(=O)NCCOc1cccc(C#CCCCCO)c1.CO.Cl.NCCOc1cccc(C#CCCCCO)c1.NCCOc1cccc(CCCCCCO)c1.Oc1cccc(Br)c1. The zero-order chi connectivity index (χ0) is 82.1. The minimum atomic E-state index is -0.505. The lowest BCUT2D eigenvalue weighted by Crippen LogP contribution is -2.34. The van der Waals surface area contributed by atoms with Crippen LogP contribution < -0.4 is 46.4 Å². The normalized spacial score (nSPS) is 10.6. The Morgan fingerprint density at radius 1 is 0.464 bits per heavy atom. The number of carbonyl (C=O) groups excluding carboxylic acids is 3. The Hall–Kier alpha value is -7.52. The predicted octanol–water partition coefficient (Wildman–Crippen LogP) is 14.4. The molecule has 110 heavy (non-hydrogen) atoms. The highest BCUT2D eigenvalue weighted by molar-refractivity contribution is 9.10. The maximum Gasteiger partial charge on any atom is 0.407 e. The molecule has 0 radical (unpaired) electrons. The van der Waals surface area contributed by atoms with E-state index in [0.29, 0.717) is 70.7 Å². The fourth-order valence-corrected chi connectivity index (χ4v) is 8.64. The van der Waals surface area contributed by atoms with Crippen molar-refractivity contribution in [3.63, 3.8) is 0 Å². The number of phenols is 1. The minimum Gasteiger partial charge on any atom is -0.508 e. The van der Waals surface area contributed by atoms with Crippen molar-refractivity contribution in [3.8, 4) is 64.8 Å². The van der Waals surface area contributed by atoms with Crippen LogP contribution in [-0.2, 0) is 25.4 Å². The van der Waals surface area contributed by atoms with Gasteiger partial charge in [-0.2, -0.15) is 0 Å². The summed E-state index contributed by atoms with van der Waals surface area (Å²) in [5, 5.41) is 66.0. The number of hydrogen-bond acceptors (Lipinski definition) is 20. The molecule has 1 heterocycles. The summed E-state index contributed by atoms with van der Waals surface area (Å²) in [6, 6.07) is 37.8. The van der Waals surface area contributed by atoms with Gasteiger partial charge in [0.05, 0.1) is 19.7 Å². The van der Waals surface area contributed by atoms with Crippen molar-refractivity contribution in [2.75, 3.05) is 113 Å². The van der Waals surface area contributed by atoms with Gasteiger partial charge in [0, 0.05) is 106 Å². The number of unbranched alkanes of at least 4 members (excludes halogenated alkanes) is 9. The number of nitrogens with one attached hydrogen (secondary N) is 3. The van der Waals surface area contributed by atoms with Crippen LogP contribution in [0.25, 0.3) is 0 Å². The van der Waals surface area contributed by atoms with Crippen molar-refractivity contribution >= 4 is 62.5 Å². The van der Waals surface area contributed by atoms with Crippen LogP contribution in [0.1, 0.15) is 175 Å². The van der Waals surface area contributed by atoms with Crippen LogP contribution >= 0.6 is 44.3 Å². The molecule has 0 unspecified atom stereocenters. The third-order valence-electron chi connectivity index (χ3n) is 12.6. The van der Waals surface area contributed by atoms with Gasteiger partial charge in [-0.1, -0.05) is 105 Å². The molecule has 0 aromatic heterocycles. The molecule has 3 amide bonds. The number of rotatable bonds is 31. The van der Waals surface area contributed by atoms with Gasteiger partial charge in [0.2, 0.25) is 0 Å². The van der Waals surface area contributed by atoms with E-state index in [1.54, 1.807) is 39.0 Å². The lowest BCUT2D eigenvalue weighted by atomic mass is 10.1. The number of amides is 3. The number of benzene rings is 5. The Balaban J connectivity index is -0.000000601. The summed E-state index contributed by atoms with van der Waals surface area (Å²) in [5.74, 6) is 18.3. The number of halogens is 3. The van der Waals surface area contributed by atoms with Crippen molar-refractivity contribution in [2.45, 2.75) is 182 Å². The quantitative estimate of drug-likeness (QED) is 0.0111. The van der Waals surface area contributed by atoms with Crippen LogP contribution in [0.4, 0.5) is 14.4 Å². The maximum atomic E-state index is 11.5. The molecule has 620 valence electrons. The summed E-state index contributed by atoms with van der Waals surface area (Å²) >= 11 is 6.56. The van der Waals surface area contributed by atoms with Gasteiger partial charge in [0.25, 0.3) is 0 Å². The van der Waals surface area contributed by atoms with E-state index in [1.165, 1.54) is 31.2 Å². The molecule has 1 aliphatic rings. The number of aliphatic hydroxyl groups is 6. The van der Waals surface area contributed by atoms with E-state index in [2.05, 4.69) is 89.5 Å². The van der Waals surface area contributed by atoms with Gasteiger partial charge in [0.15, 0.2) is 0 Å². The first kappa shape index (κ1) is 109. The van der Waals surface area contributed by atoms with Crippen LogP contribution in [0.3, 0.4) is 0 Å². The smallest absolute Gasteiger partial charge is 0.407 e. The number of aryl methyl sites for hydroxylation is 1. The third-order valence-corrected chi connectivity index (χ3v) is 13.6. The molecule has 5 aromatic rings. The van der Waals surface area contributed by atoms with Crippen molar-refractivity contribution in [2.24, 2.45) is 11.5 Å². The van der Waals surface area contributed by atoms with Gasteiger partial charge in [-0.25, -0.2) is 14.4 Å². The number of hydrogen-bond donors (Lipinski definition) is 12. The van der Waals surface area contributed by atoms with E-state index >= 15 is 0 Å². The average Bonchev–Trinajstić information content (AvgIpc) is 0.963. The molecule has 1 aliphatic heterocycles.